The number of H-pyrrole nitrogens is 1. The van der Waals surface area contributed by atoms with Crippen LogP contribution in [0, 0.1) is 6.92 Å². The standard InChI is InChI=1S/C17H21F2N5O/c1-11-3-4-15(20-9-11)22-16(25)12(2)24-8-6-17(18,19)13(10-24)14-5-7-21-23-14/h3-5,7,9,12-13H,6,8,10H2,1-2H3,(H,21,23)(H,20,22,25)/t12-,13-/m0/s1. The second kappa shape index (κ2) is 6.87. The lowest BCUT2D eigenvalue weighted by Gasteiger charge is -2.40. The zero-order valence-electron chi connectivity index (χ0n) is 14.2. The largest absolute Gasteiger partial charge is 0.309 e. The third-order valence-corrected chi connectivity index (χ3v) is 4.65. The number of aryl methyl sites for hydroxylation is 1. The smallest absolute Gasteiger partial charge is 0.258 e. The van der Waals surface area contributed by atoms with Gasteiger partial charge in [-0.3, -0.25) is 14.8 Å². The van der Waals surface area contributed by atoms with Crippen molar-refractivity contribution in [1.82, 2.24) is 20.1 Å². The maximum absolute atomic E-state index is 14.3. The van der Waals surface area contributed by atoms with E-state index in [1.807, 2.05) is 13.0 Å². The monoisotopic (exact) mass is 349 g/mol. The topological polar surface area (TPSA) is 73.9 Å². The number of carbonyl (C=O) groups excluding carboxylic acids is 1. The number of rotatable bonds is 4. The van der Waals surface area contributed by atoms with Crippen LogP contribution < -0.4 is 5.32 Å². The van der Waals surface area contributed by atoms with Gasteiger partial charge in [0.05, 0.1) is 12.0 Å². The molecule has 0 aliphatic carbocycles. The molecule has 3 heterocycles. The lowest BCUT2D eigenvalue weighted by Crippen LogP contribution is -2.52. The van der Waals surface area contributed by atoms with Crippen LogP contribution in [0.5, 0.6) is 0 Å². The van der Waals surface area contributed by atoms with E-state index < -0.39 is 17.9 Å². The molecule has 2 aromatic rings. The quantitative estimate of drug-likeness (QED) is 0.890. The number of halogens is 2. The number of nitrogens with zero attached hydrogens (tertiary/aromatic N) is 3. The molecular weight excluding hydrogens is 328 g/mol. The number of aromatic nitrogens is 3. The van der Waals surface area contributed by atoms with Gasteiger partial charge in [-0.1, -0.05) is 6.07 Å². The van der Waals surface area contributed by atoms with Gasteiger partial charge >= 0.3 is 0 Å². The SMILES string of the molecule is Cc1ccc(NC(=O)[C@H](C)N2CCC(F)(F)[C@H](c3ccn[nH]3)C2)nc1. The first-order valence-corrected chi connectivity index (χ1v) is 8.21. The summed E-state index contributed by atoms with van der Waals surface area (Å²) in [6, 6.07) is 4.59. The van der Waals surface area contributed by atoms with Gasteiger partial charge in [0, 0.05) is 37.6 Å². The second-order valence-electron chi connectivity index (χ2n) is 6.46. The first-order chi connectivity index (χ1) is 11.9. The number of likely N-dealkylation sites (tertiary alicyclic amines) is 1. The number of nitrogens with one attached hydrogen (secondary N) is 2. The Morgan fingerprint density at radius 2 is 2.24 bits per heavy atom. The van der Waals surface area contributed by atoms with E-state index in [-0.39, 0.29) is 25.4 Å². The predicted molar refractivity (Wildman–Crippen MR) is 89.5 cm³/mol. The van der Waals surface area contributed by atoms with Crippen molar-refractivity contribution in [3.63, 3.8) is 0 Å². The zero-order valence-corrected chi connectivity index (χ0v) is 14.2. The molecule has 6 nitrogen and oxygen atoms in total. The molecule has 2 aromatic heterocycles. The Bertz CT molecular complexity index is 717. The molecule has 134 valence electrons. The van der Waals surface area contributed by atoms with E-state index in [0.29, 0.717) is 11.5 Å². The Balaban J connectivity index is 1.68. The van der Waals surface area contributed by atoms with E-state index in [4.69, 9.17) is 0 Å². The van der Waals surface area contributed by atoms with Crippen molar-refractivity contribution < 1.29 is 13.6 Å². The summed E-state index contributed by atoms with van der Waals surface area (Å²) in [7, 11) is 0. The van der Waals surface area contributed by atoms with Crippen LogP contribution in [-0.4, -0.2) is 51.0 Å². The fraction of sp³-hybridized carbons (Fsp3) is 0.471. The van der Waals surface area contributed by atoms with E-state index in [0.717, 1.165) is 5.56 Å². The lowest BCUT2D eigenvalue weighted by molar-refractivity contribution is -0.125. The summed E-state index contributed by atoms with van der Waals surface area (Å²) in [5.41, 5.74) is 1.38. The van der Waals surface area contributed by atoms with Crippen molar-refractivity contribution >= 4 is 11.7 Å². The molecule has 1 saturated heterocycles. The third-order valence-electron chi connectivity index (χ3n) is 4.65. The van der Waals surface area contributed by atoms with E-state index in [9.17, 15) is 13.6 Å². The lowest BCUT2D eigenvalue weighted by atomic mass is 9.90. The molecule has 1 amide bonds. The summed E-state index contributed by atoms with van der Waals surface area (Å²) >= 11 is 0. The summed E-state index contributed by atoms with van der Waals surface area (Å²) in [5.74, 6) is -3.63. The van der Waals surface area contributed by atoms with Crippen molar-refractivity contribution in [2.45, 2.75) is 38.2 Å². The van der Waals surface area contributed by atoms with Crippen molar-refractivity contribution in [2.24, 2.45) is 0 Å². The Labute approximate surface area is 144 Å². The summed E-state index contributed by atoms with van der Waals surface area (Å²) in [6.45, 7) is 3.88. The second-order valence-corrected chi connectivity index (χ2v) is 6.46. The minimum atomic E-state index is -2.82. The van der Waals surface area contributed by atoms with Gasteiger partial charge in [0.15, 0.2) is 0 Å². The third kappa shape index (κ3) is 3.84. The van der Waals surface area contributed by atoms with Crippen molar-refractivity contribution in [1.29, 1.82) is 0 Å². The van der Waals surface area contributed by atoms with Crippen molar-refractivity contribution in [2.75, 3.05) is 18.4 Å². The predicted octanol–water partition coefficient (Wildman–Crippen LogP) is 2.56. The molecule has 1 aliphatic heterocycles. The molecule has 0 saturated carbocycles. The number of amides is 1. The highest BCUT2D eigenvalue weighted by Gasteiger charge is 2.47. The first-order valence-electron chi connectivity index (χ1n) is 8.21. The minimum absolute atomic E-state index is 0.0884. The molecule has 1 aliphatic rings. The number of alkyl halides is 2. The van der Waals surface area contributed by atoms with Crippen LogP contribution in [0.4, 0.5) is 14.6 Å². The molecule has 0 spiro atoms. The van der Waals surface area contributed by atoms with Crippen LogP contribution in [0.25, 0.3) is 0 Å². The van der Waals surface area contributed by atoms with Gasteiger partial charge in [-0.25, -0.2) is 13.8 Å². The number of carbonyl (C=O) groups is 1. The van der Waals surface area contributed by atoms with E-state index >= 15 is 0 Å². The Morgan fingerprint density at radius 1 is 1.44 bits per heavy atom. The molecule has 0 aromatic carbocycles. The van der Waals surface area contributed by atoms with Gasteiger partial charge < -0.3 is 5.32 Å². The van der Waals surface area contributed by atoms with E-state index in [2.05, 4.69) is 20.5 Å². The molecule has 0 unspecified atom stereocenters. The van der Waals surface area contributed by atoms with Crippen LogP contribution in [-0.2, 0) is 4.79 Å². The number of hydrogen-bond donors (Lipinski definition) is 2. The Kier molecular flexibility index (Phi) is 4.80. The molecule has 2 N–H and O–H groups in total. The van der Waals surface area contributed by atoms with Crippen LogP contribution in [0.1, 0.15) is 30.5 Å². The van der Waals surface area contributed by atoms with Crippen LogP contribution in [0.3, 0.4) is 0 Å². The fourth-order valence-corrected chi connectivity index (χ4v) is 3.00. The highest BCUT2D eigenvalue weighted by molar-refractivity contribution is 5.93. The zero-order chi connectivity index (χ0) is 18.0. The van der Waals surface area contributed by atoms with Gasteiger partial charge in [0.25, 0.3) is 5.92 Å². The number of piperidine rings is 1. The highest BCUT2D eigenvalue weighted by atomic mass is 19.3. The first kappa shape index (κ1) is 17.5. The average molecular weight is 349 g/mol. The summed E-state index contributed by atoms with van der Waals surface area (Å²) in [5, 5.41) is 9.13. The number of hydrogen-bond acceptors (Lipinski definition) is 4. The fourth-order valence-electron chi connectivity index (χ4n) is 3.00. The normalized spacial score (nSPS) is 21.7. The van der Waals surface area contributed by atoms with Gasteiger partial charge in [-0.2, -0.15) is 5.10 Å². The number of anilines is 1. The highest BCUT2D eigenvalue weighted by Crippen LogP contribution is 2.40. The van der Waals surface area contributed by atoms with E-state index in [1.165, 1.54) is 6.20 Å². The van der Waals surface area contributed by atoms with Gasteiger partial charge in [-0.05, 0) is 31.5 Å². The molecule has 0 bridgehead atoms. The average Bonchev–Trinajstić information content (AvgIpc) is 3.10. The molecule has 2 atom stereocenters. The molecule has 1 fully saturated rings. The van der Waals surface area contributed by atoms with Crippen LogP contribution in [0.2, 0.25) is 0 Å². The number of aromatic amines is 1. The maximum atomic E-state index is 14.3. The molecular formula is C17H21F2N5O. The number of pyridine rings is 1. The van der Waals surface area contributed by atoms with Crippen molar-refractivity contribution in [3.8, 4) is 0 Å². The van der Waals surface area contributed by atoms with Gasteiger partial charge in [0.2, 0.25) is 5.91 Å². The van der Waals surface area contributed by atoms with E-state index in [1.54, 1.807) is 30.2 Å². The molecule has 3 rings (SSSR count). The Hall–Kier alpha value is -2.35. The van der Waals surface area contributed by atoms with Crippen LogP contribution >= 0.6 is 0 Å². The molecule has 25 heavy (non-hydrogen) atoms. The Morgan fingerprint density at radius 3 is 2.88 bits per heavy atom. The summed E-state index contributed by atoms with van der Waals surface area (Å²) < 4.78 is 28.5. The minimum Gasteiger partial charge on any atom is -0.309 e. The van der Waals surface area contributed by atoms with Gasteiger partial charge in [-0.15, -0.1) is 0 Å². The van der Waals surface area contributed by atoms with Crippen molar-refractivity contribution in [3.05, 3.63) is 41.9 Å². The molecule has 0 radical (unpaired) electrons. The maximum Gasteiger partial charge on any atom is 0.258 e. The van der Waals surface area contributed by atoms with Crippen LogP contribution in [0.15, 0.2) is 30.6 Å². The summed E-state index contributed by atoms with van der Waals surface area (Å²) in [6.07, 6.45) is 2.83. The van der Waals surface area contributed by atoms with Gasteiger partial charge in [0.1, 0.15) is 5.82 Å². The summed E-state index contributed by atoms with van der Waals surface area (Å²) in [4.78, 5) is 18.4. The molecule has 8 heteroatoms.